The van der Waals surface area contributed by atoms with Crippen molar-refractivity contribution in [1.29, 1.82) is 0 Å². The average molecular weight is 639 g/mol. The van der Waals surface area contributed by atoms with E-state index in [-0.39, 0.29) is 35.5 Å². The van der Waals surface area contributed by atoms with Crippen LogP contribution in [0.2, 0.25) is 0 Å². The van der Waals surface area contributed by atoms with E-state index in [1.54, 1.807) is 24.3 Å². The number of phenols is 2. The molecule has 6 N–H and O–H groups in total. The van der Waals surface area contributed by atoms with Gasteiger partial charge in [0.25, 0.3) is 11.8 Å². The molecule has 1 unspecified atom stereocenters. The Morgan fingerprint density at radius 1 is 0.587 bits per heavy atom. The highest BCUT2D eigenvalue weighted by atomic mass is 16.3. The van der Waals surface area contributed by atoms with Crippen molar-refractivity contribution < 1.29 is 29.4 Å². The van der Waals surface area contributed by atoms with Crippen LogP contribution in [0.25, 0.3) is 0 Å². The summed E-state index contributed by atoms with van der Waals surface area (Å²) in [6.07, 6.45) is 12.9. The molecule has 0 aromatic heterocycles. The van der Waals surface area contributed by atoms with Crippen LogP contribution in [0.5, 0.6) is 11.5 Å². The number of unbranched alkanes of at least 4 members (excludes halogenated alkanes) is 8. The third-order valence-electron chi connectivity index (χ3n) is 8.19. The number of hydrazine groups is 2. The summed E-state index contributed by atoms with van der Waals surface area (Å²) >= 11 is 0. The first-order valence-corrected chi connectivity index (χ1v) is 17.0. The van der Waals surface area contributed by atoms with Crippen LogP contribution in [-0.4, -0.2) is 33.8 Å². The maximum absolute atomic E-state index is 13.1. The van der Waals surface area contributed by atoms with Crippen LogP contribution in [-0.2, 0) is 22.4 Å². The quantitative estimate of drug-likeness (QED) is 0.0714. The molecule has 0 heterocycles. The number of benzene rings is 2. The van der Waals surface area contributed by atoms with Crippen molar-refractivity contribution in [2.45, 2.75) is 124 Å². The highest BCUT2D eigenvalue weighted by molar-refractivity contribution is 5.99. The summed E-state index contributed by atoms with van der Waals surface area (Å²) in [6.45, 7) is 6.31. The van der Waals surface area contributed by atoms with Gasteiger partial charge in [0, 0.05) is 12.3 Å². The molecule has 254 valence electrons. The van der Waals surface area contributed by atoms with Crippen molar-refractivity contribution in [3.63, 3.8) is 0 Å². The molecule has 2 aromatic carbocycles. The summed E-state index contributed by atoms with van der Waals surface area (Å²) in [7, 11) is 0. The molecule has 46 heavy (non-hydrogen) atoms. The molecule has 0 fully saturated rings. The zero-order valence-electron chi connectivity index (χ0n) is 27.9. The van der Waals surface area contributed by atoms with Gasteiger partial charge in [-0.05, 0) is 61.8 Å². The predicted octanol–water partition coefficient (Wildman–Crippen LogP) is 6.54. The maximum atomic E-state index is 13.1. The molecule has 0 bridgehead atoms. The molecule has 0 aliphatic carbocycles. The van der Waals surface area contributed by atoms with Gasteiger partial charge in [-0.25, -0.2) is 0 Å². The van der Waals surface area contributed by atoms with Crippen molar-refractivity contribution in [2.24, 2.45) is 5.92 Å². The minimum absolute atomic E-state index is 0.0368. The summed E-state index contributed by atoms with van der Waals surface area (Å²) < 4.78 is 0. The SMILES string of the molecule is CCCCCCCC(CCC(=O)NNC(=O)c1cccc(CCCCC)c1O)C(=O)NNC(=O)c1cccc(CCCCC)c1O. The van der Waals surface area contributed by atoms with Gasteiger partial charge in [-0.1, -0.05) is 103 Å². The molecule has 0 saturated carbocycles. The monoisotopic (exact) mass is 638 g/mol. The summed E-state index contributed by atoms with van der Waals surface area (Å²) in [5, 5.41) is 21.2. The normalized spacial score (nSPS) is 11.5. The molecular formula is C36H54N4O6. The lowest BCUT2D eigenvalue weighted by molar-refractivity contribution is -0.127. The first-order valence-electron chi connectivity index (χ1n) is 17.0. The number of hydrogen-bond acceptors (Lipinski definition) is 6. The van der Waals surface area contributed by atoms with Crippen molar-refractivity contribution in [2.75, 3.05) is 0 Å². The molecule has 10 heteroatoms. The molecule has 10 nitrogen and oxygen atoms in total. The maximum Gasteiger partial charge on any atom is 0.273 e. The van der Waals surface area contributed by atoms with Crippen LogP contribution in [0.15, 0.2) is 36.4 Å². The van der Waals surface area contributed by atoms with Gasteiger partial charge in [0.05, 0.1) is 11.1 Å². The number of rotatable bonds is 20. The Morgan fingerprint density at radius 2 is 1.07 bits per heavy atom. The lowest BCUT2D eigenvalue weighted by atomic mass is 9.95. The van der Waals surface area contributed by atoms with Gasteiger partial charge in [0.1, 0.15) is 11.5 Å². The number of phenolic OH excluding ortho intramolecular Hbond substituents is 2. The van der Waals surface area contributed by atoms with E-state index in [2.05, 4.69) is 42.5 Å². The number of amides is 4. The van der Waals surface area contributed by atoms with E-state index in [4.69, 9.17) is 0 Å². The Kier molecular flexibility index (Phi) is 17.9. The number of hydrogen-bond donors (Lipinski definition) is 6. The molecule has 0 saturated heterocycles. The lowest BCUT2D eigenvalue weighted by Crippen LogP contribution is -2.45. The van der Waals surface area contributed by atoms with E-state index in [0.717, 1.165) is 70.6 Å². The Labute approximate surface area is 274 Å². The van der Waals surface area contributed by atoms with Crippen LogP contribution in [0.4, 0.5) is 0 Å². The van der Waals surface area contributed by atoms with Gasteiger partial charge in [0.15, 0.2) is 0 Å². The first kappa shape index (κ1) is 38.1. The van der Waals surface area contributed by atoms with Gasteiger partial charge >= 0.3 is 0 Å². The fraction of sp³-hybridized carbons (Fsp3) is 0.556. The van der Waals surface area contributed by atoms with Crippen molar-refractivity contribution in [3.8, 4) is 11.5 Å². The van der Waals surface area contributed by atoms with Crippen LogP contribution in [0.3, 0.4) is 0 Å². The predicted molar refractivity (Wildman–Crippen MR) is 180 cm³/mol. The van der Waals surface area contributed by atoms with Crippen molar-refractivity contribution in [3.05, 3.63) is 58.7 Å². The van der Waals surface area contributed by atoms with Crippen molar-refractivity contribution >= 4 is 23.6 Å². The second-order valence-corrected chi connectivity index (χ2v) is 11.9. The fourth-order valence-corrected chi connectivity index (χ4v) is 5.33. The smallest absolute Gasteiger partial charge is 0.273 e. The average Bonchev–Trinajstić information content (AvgIpc) is 3.05. The number of nitrogens with one attached hydrogen (secondary N) is 4. The Hall–Kier alpha value is -4.08. The number of aromatic hydroxyl groups is 2. The van der Waals surface area contributed by atoms with E-state index < -0.39 is 29.5 Å². The van der Waals surface area contributed by atoms with Crippen LogP contribution >= 0.6 is 0 Å². The Bertz CT molecular complexity index is 1270. The van der Waals surface area contributed by atoms with E-state index in [1.807, 2.05) is 0 Å². The minimum Gasteiger partial charge on any atom is -0.507 e. The van der Waals surface area contributed by atoms with Crippen LogP contribution < -0.4 is 21.7 Å². The molecule has 0 spiro atoms. The fourth-order valence-electron chi connectivity index (χ4n) is 5.33. The van der Waals surface area contributed by atoms with Crippen LogP contribution in [0, 0.1) is 5.92 Å². The Morgan fingerprint density at radius 3 is 1.59 bits per heavy atom. The van der Waals surface area contributed by atoms with Crippen LogP contribution in [0.1, 0.15) is 143 Å². The third-order valence-corrected chi connectivity index (χ3v) is 8.19. The molecule has 1 atom stereocenters. The molecular weight excluding hydrogens is 584 g/mol. The number of aryl methyl sites for hydroxylation is 2. The molecule has 0 radical (unpaired) electrons. The lowest BCUT2D eigenvalue weighted by Gasteiger charge is -2.18. The summed E-state index contributed by atoms with van der Waals surface area (Å²) in [4.78, 5) is 51.3. The minimum atomic E-state index is -0.631. The first-order chi connectivity index (χ1) is 22.2. The third kappa shape index (κ3) is 13.1. The highest BCUT2D eigenvalue weighted by Gasteiger charge is 2.22. The Balaban J connectivity index is 1.95. The van der Waals surface area contributed by atoms with Gasteiger partial charge < -0.3 is 10.2 Å². The van der Waals surface area contributed by atoms with Gasteiger partial charge in [0.2, 0.25) is 11.8 Å². The van der Waals surface area contributed by atoms with E-state index in [0.29, 0.717) is 30.4 Å². The number of para-hydroxylation sites is 2. The van der Waals surface area contributed by atoms with Gasteiger partial charge in [-0.15, -0.1) is 0 Å². The summed E-state index contributed by atoms with van der Waals surface area (Å²) in [6, 6.07) is 9.98. The molecule has 0 aliphatic heterocycles. The number of carbonyl (C=O) groups excluding carboxylic acids is 4. The second-order valence-electron chi connectivity index (χ2n) is 11.9. The molecule has 2 rings (SSSR count). The zero-order chi connectivity index (χ0) is 33.7. The van der Waals surface area contributed by atoms with E-state index >= 15 is 0 Å². The highest BCUT2D eigenvalue weighted by Crippen LogP contribution is 2.25. The summed E-state index contributed by atoms with van der Waals surface area (Å²) in [5.41, 5.74) is 11.2. The largest absolute Gasteiger partial charge is 0.507 e. The zero-order valence-corrected chi connectivity index (χ0v) is 27.9. The van der Waals surface area contributed by atoms with E-state index in [1.165, 1.54) is 12.1 Å². The molecule has 4 amide bonds. The molecule has 0 aliphatic rings. The standard InChI is InChI=1S/C36H54N4O6/c1-4-7-10-11-14-19-28(34(44)38-40-36(46)30-23-16-21-27(33(30)43)18-13-9-6-3)24-25-31(41)37-39-35(45)29-22-15-20-26(32(29)42)17-12-8-5-2/h15-16,20-23,28,42-43H,4-14,17-19,24-25H2,1-3H3,(H,37,41)(H,38,44)(H,39,45)(H,40,46). The number of carbonyl (C=O) groups is 4. The van der Waals surface area contributed by atoms with Gasteiger partial charge in [-0.2, -0.15) is 0 Å². The van der Waals surface area contributed by atoms with Crippen molar-refractivity contribution in [1.82, 2.24) is 21.7 Å². The topological polar surface area (TPSA) is 157 Å². The van der Waals surface area contributed by atoms with Gasteiger partial charge in [-0.3, -0.25) is 40.9 Å². The second kappa shape index (κ2) is 21.6. The summed E-state index contributed by atoms with van der Waals surface area (Å²) in [5.74, 6) is -2.90. The van der Waals surface area contributed by atoms with E-state index in [9.17, 15) is 29.4 Å². The molecule has 2 aromatic rings.